The van der Waals surface area contributed by atoms with Gasteiger partial charge in [-0.25, -0.2) is 0 Å². The van der Waals surface area contributed by atoms with Gasteiger partial charge in [-0.2, -0.15) is 0 Å². The predicted octanol–water partition coefficient (Wildman–Crippen LogP) is 3.73. The Morgan fingerprint density at radius 2 is 2.10 bits per heavy atom. The van der Waals surface area contributed by atoms with Crippen molar-refractivity contribution in [2.24, 2.45) is 5.41 Å². The van der Waals surface area contributed by atoms with Crippen LogP contribution in [0.1, 0.15) is 50.5 Å². The summed E-state index contributed by atoms with van der Waals surface area (Å²) in [5.74, 6) is 0.653. The fourth-order valence-electron chi connectivity index (χ4n) is 4.23. The summed E-state index contributed by atoms with van der Waals surface area (Å²) in [5, 5.41) is 3.61. The largest absolute Gasteiger partial charge is 0.378 e. The molecule has 2 nitrogen and oxygen atoms in total. The lowest BCUT2D eigenvalue weighted by Gasteiger charge is -2.49. The zero-order valence-electron chi connectivity index (χ0n) is 12.6. The molecular weight excluding hydrogens is 246 g/mol. The lowest BCUT2D eigenvalue weighted by Crippen LogP contribution is -2.48. The Hall–Kier alpha value is -0.860. The van der Waals surface area contributed by atoms with Crippen LogP contribution < -0.4 is 5.32 Å². The molecule has 3 unspecified atom stereocenters. The molecular formula is C18H27NO. The van der Waals surface area contributed by atoms with E-state index in [1.807, 2.05) is 0 Å². The van der Waals surface area contributed by atoms with Crippen LogP contribution in [0.3, 0.4) is 0 Å². The monoisotopic (exact) mass is 273 g/mol. The van der Waals surface area contributed by atoms with Crippen molar-refractivity contribution < 1.29 is 4.74 Å². The van der Waals surface area contributed by atoms with Crippen LogP contribution in [0.4, 0.5) is 0 Å². The summed E-state index contributed by atoms with van der Waals surface area (Å²) in [5.41, 5.74) is 1.97. The van der Waals surface area contributed by atoms with Crippen molar-refractivity contribution >= 4 is 0 Å². The first-order valence-corrected chi connectivity index (χ1v) is 8.21. The van der Waals surface area contributed by atoms with E-state index >= 15 is 0 Å². The Balaban J connectivity index is 1.84. The molecule has 2 fully saturated rings. The Bertz CT molecular complexity index is 413. The Morgan fingerprint density at radius 1 is 1.25 bits per heavy atom. The number of ether oxygens (including phenoxy) is 1. The van der Waals surface area contributed by atoms with Crippen molar-refractivity contribution in [3.8, 4) is 0 Å². The minimum absolute atomic E-state index is 0.463. The fraction of sp³-hybridized carbons (Fsp3) is 0.667. The minimum Gasteiger partial charge on any atom is -0.378 e. The van der Waals surface area contributed by atoms with Gasteiger partial charge in [0.05, 0.1) is 6.10 Å². The third-order valence-electron chi connectivity index (χ3n) is 5.29. The highest BCUT2D eigenvalue weighted by Crippen LogP contribution is 2.49. The first-order chi connectivity index (χ1) is 9.84. The summed E-state index contributed by atoms with van der Waals surface area (Å²) in [6, 6.07) is 11.1. The van der Waals surface area contributed by atoms with Gasteiger partial charge < -0.3 is 10.1 Å². The number of hydrogen-bond acceptors (Lipinski definition) is 2. The smallest absolute Gasteiger partial charge is 0.0580 e. The van der Waals surface area contributed by atoms with Gasteiger partial charge in [0, 0.05) is 19.1 Å². The normalized spacial score (nSPS) is 34.2. The maximum Gasteiger partial charge on any atom is 0.0580 e. The molecule has 0 amide bonds. The van der Waals surface area contributed by atoms with Crippen molar-refractivity contribution in [1.82, 2.24) is 5.32 Å². The summed E-state index contributed by atoms with van der Waals surface area (Å²) in [4.78, 5) is 0. The molecule has 20 heavy (non-hydrogen) atoms. The first-order valence-electron chi connectivity index (χ1n) is 8.21. The van der Waals surface area contributed by atoms with Gasteiger partial charge in [-0.1, -0.05) is 43.7 Å². The molecule has 0 saturated carbocycles. The molecule has 2 heterocycles. The van der Waals surface area contributed by atoms with Gasteiger partial charge in [0.25, 0.3) is 0 Å². The second-order valence-electron chi connectivity index (χ2n) is 6.52. The summed E-state index contributed by atoms with van der Waals surface area (Å²) in [6.45, 7) is 5.51. The molecule has 2 saturated heterocycles. The lowest BCUT2D eigenvalue weighted by molar-refractivity contribution is -0.0711. The molecule has 110 valence electrons. The van der Waals surface area contributed by atoms with Crippen LogP contribution in [0.5, 0.6) is 0 Å². The van der Waals surface area contributed by atoms with Gasteiger partial charge in [-0.3, -0.25) is 0 Å². The standard InChI is InChI=1S/C18H27NO/c1-2-6-16-13-18(10-12-20-16)9-11-19-14-17(18)15-7-4-3-5-8-15/h3-5,7-8,16-17,19H,2,6,9-14H2,1H3. The molecule has 3 atom stereocenters. The van der Waals surface area contributed by atoms with Gasteiger partial charge >= 0.3 is 0 Å². The summed E-state index contributed by atoms with van der Waals surface area (Å²) in [6.07, 6.45) is 6.72. The fourth-order valence-corrected chi connectivity index (χ4v) is 4.23. The van der Waals surface area contributed by atoms with Gasteiger partial charge in [0.15, 0.2) is 0 Å². The molecule has 3 rings (SSSR count). The van der Waals surface area contributed by atoms with E-state index in [-0.39, 0.29) is 0 Å². The molecule has 0 aromatic heterocycles. The van der Waals surface area contributed by atoms with Crippen LogP contribution in [0.25, 0.3) is 0 Å². The summed E-state index contributed by atoms with van der Waals surface area (Å²) >= 11 is 0. The zero-order chi connectivity index (χ0) is 13.8. The molecule has 1 aromatic rings. The van der Waals surface area contributed by atoms with Crippen LogP contribution in [0.15, 0.2) is 30.3 Å². The SMILES string of the molecule is CCCC1CC2(CCNCC2c2ccccc2)CCO1. The van der Waals surface area contributed by atoms with Crippen molar-refractivity contribution in [2.75, 3.05) is 19.7 Å². The van der Waals surface area contributed by atoms with Crippen LogP contribution in [0, 0.1) is 5.41 Å². The average molecular weight is 273 g/mol. The Morgan fingerprint density at radius 3 is 2.90 bits per heavy atom. The molecule has 0 radical (unpaired) electrons. The van der Waals surface area contributed by atoms with E-state index in [0.717, 1.165) is 13.2 Å². The van der Waals surface area contributed by atoms with Crippen LogP contribution in [-0.4, -0.2) is 25.8 Å². The Labute approximate surface area is 122 Å². The third-order valence-corrected chi connectivity index (χ3v) is 5.29. The van der Waals surface area contributed by atoms with E-state index in [2.05, 4.69) is 42.6 Å². The van der Waals surface area contributed by atoms with E-state index < -0.39 is 0 Å². The number of hydrogen-bond donors (Lipinski definition) is 1. The number of benzene rings is 1. The van der Waals surface area contributed by atoms with E-state index in [9.17, 15) is 0 Å². The van der Waals surface area contributed by atoms with E-state index in [1.54, 1.807) is 0 Å². The van der Waals surface area contributed by atoms with Crippen molar-refractivity contribution in [1.29, 1.82) is 0 Å². The second kappa shape index (κ2) is 6.28. The highest BCUT2D eigenvalue weighted by atomic mass is 16.5. The topological polar surface area (TPSA) is 21.3 Å². The molecule has 0 bridgehead atoms. The van der Waals surface area contributed by atoms with Crippen LogP contribution >= 0.6 is 0 Å². The molecule has 2 heteroatoms. The molecule has 1 aromatic carbocycles. The zero-order valence-corrected chi connectivity index (χ0v) is 12.6. The summed E-state index contributed by atoms with van der Waals surface area (Å²) < 4.78 is 6.01. The van der Waals surface area contributed by atoms with Crippen molar-refractivity contribution in [2.45, 2.75) is 51.0 Å². The van der Waals surface area contributed by atoms with Crippen LogP contribution in [-0.2, 0) is 4.74 Å². The maximum absolute atomic E-state index is 6.01. The van der Waals surface area contributed by atoms with Crippen molar-refractivity contribution in [3.05, 3.63) is 35.9 Å². The number of piperidine rings is 1. The molecule has 1 N–H and O–H groups in total. The molecule has 1 spiro atoms. The summed E-state index contributed by atoms with van der Waals surface area (Å²) in [7, 11) is 0. The lowest BCUT2D eigenvalue weighted by atomic mass is 9.62. The molecule has 0 aliphatic carbocycles. The molecule has 2 aliphatic heterocycles. The average Bonchev–Trinajstić information content (AvgIpc) is 2.49. The highest BCUT2D eigenvalue weighted by Gasteiger charge is 2.44. The van der Waals surface area contributed by atoms with E-state index in [0.29, 0.717) is 17.4 Å². The number of rotatable bonds is 3. The predicted molar refractivity (Wildman–Crippen MR) is 83.0 cm³/mol. The van der Waals surface area contributed by atoms with Gasteiger partial charge in [-0.05, 0) is 43.2 Å². The van der Waals surface area contributed by atoms with Crippen molar-refractivity contribution in [3.63, 3.8) is 0 Å². The van der Waals surface area contributed by atoms with Gasteiger partial charge in [0.1, 0.15) is 0 Å². The maximum atomic E-state index is 6.01. The van der Waals surface area contributed by atoms with E-state index in [1.165, 1.54) is 44.2 Å². The molecule has 2 aliphatic rings. The van der Waals surface area contributed by atoms with Gasteiger partial charge in [-0.15, -0.1) is 0 Å². The quantitative estimate of drug-likeness (QED) is 0.906. The van der Waals surface area contributed by atoms with Gasteiger partial charge in [0.2, 0.25) is 0 Å². The Kier molecular flexibility index (Phi) is 4.42. The van der Waals surface area contributed by atoms with Crippen LogP contribution in [0.2, 0.25) is 0 Å². The van der Waals surface area contributed by atoms with E-state index in [4.69, 9.17) is 4.74 Å². The number of nitrogens with one attached hydrogen (secondary N) is 1. The minimum atomic E-state index is 0.463. The second-order valence-corrected chi connectivity index (χ2v) is 6.52. The highest BCUT2D eigenvalue weighted by molar-refractivity contribution is 5.24. The third kappa shape index (κ3) is 2.77. The first kappa shape index (κ1) is 14.1.